The van der Waals surface area contributed by atoms with E-state index < -0.39 is 0 Å². The van der Waals surface area contributed by atoms with Gasteiger partial charge >= 0.3 is 0 Å². The first-order chi connectivity index (χ1) is 35.7. The summed E-state index contributed by atoms with van der Waals surface area (Å²) < 4.78 is 9.21. The van der Waals surface area contributed by atoms with Crippen molar-refractivity contribution in [3.8, 4) is 62.2 Å². The second-order valence-electron chi connectivity index (χ2n) is 18.4. The van der Waals surface area contributed by atoms with Crippen LogP contribution in [0.2, 0.25) is 0 Å². The fourth-order valence-corrected chi connectivity index (χ4v) is 11.2. The second kappa shape index (κ2) is 15.8. The Morgan fingerprint density at radius 1 is 0.264 bits per heavy atom. The highest BCUT2D eigenvalue weighted by atomic mass is 15.3. The van der Waals surface area contributed by atoms with Gasteiger partial charge in [0.15, 0.2) is 0 Å². The predicted octanol–water partition coefficient (Wildman–Crippen LogP) is 16.1. The van der Waals surface area contributed by atoms with Gasteiger partial charge in [-0.15, -0.1) is 0 Å². The lowest BCUT2D eigenvalue weighted by Crippen LogP contribution is -2.04. The Morgan fingerprint density at radius 2 is 0.736 bits per heavy atom. The van der Waals surface area contributed by atoms with Gasteiger partial charge in [0.25, 0.3) is 0 Å². The summed E-state index contributed by atoms with van der Waals surface area (Å²) in [6.45, 7) is 0. The van der Waals surface area contributed by atoms with Crippen LogP contribution in [0.1, 0.15) is 0 Å². The number of nitrogens with zero attached hydrogens (tertiary/aromatic N) is 7. The third-order valence-electron chi connectivity index (χ3n) is 14.4. The van der Waals surface area contributed by atoms with Crippen molar-refractivity contribution in [3.63, 3.8) is 0 Å². The van der Waals surface area contributed by atoms with E-state index in [2.05, 4.69) is 255 Å². The van der Waals surface area contributed by atoms with Crippen molar-refractivity contribution in [1.29, 1.82) is 0 Å². The Balaban J connectivity index is 1.01. The molecule has 7 heteroatoms. The molecule has 0 aliphatic heterocycles. The van der Waals surface area contributed by atoms with Gasteiger partial charge in [-0.05, 0) is 90.0 Å². The Kier molecular flexibility index (Phi) is 8.82. The Bertz CT molecular complexity index is 4600. The van der Waals surface area contributed by atoms with Crippen LogP contribution < -0.4 is 0 Å². The molecule has 15 aromatic rings. The van der Waals surface area contributed by atoms with Crippen molar-refractivity contribution in [2.75, 3.05) is 0 Å². The third kappa shape index (κ3) is 6.07. The van der Waals surface area contributed by atoms with Crippen molar-refractivity contribution in [3.05, 3.63) is 249 Å². The molecule has 15 rings (SSSR count). The van der Waals surface area contributed by atoms with Crippen molar-refractivity contribution in [2.24, 2.45) is 0 Å². The van der Waals surface area contributed by atoms with E-state index in [1.165, 1.54) is 21.7 Å². The lowest BCUT2D eigenvalue weighted by molar-refractivity contribution is 0.984. The smallest absolute Gasteiger partial charge is 0.238 e. The van der Waals surface area contributed by atoms with E-state index in [1.54, 1.807) is 0 Å². The van der Waals surface area contributed by atoms with Gasteiger partial charge in [0, 0.05) is 55.0 Å². The van der Waals surface area contributed by atoms with Gasteiger partial charge < -0.3 is 9.13 Å². The molecule has 5 heterocycles. The molecule has 336 valence electrons. The van der Waals surface area contributed by atoms with Crippen LogP contribution in [-0.4, -0.2) is 33.1 Å². The summed E-state index contributed by atoms with van der Waals surface area (Å²) in [6, 6.07) is 88.4. The number of hydrogen-bond donors (Lipinski definition) is 0. The van der Waals surface area contributed by atoms with Crippen LogP contribution in [0.25, 0.3) is 134 Å². The van der Waals surface area contributed by atoms with Crippen LogP contribution >= 0.6 is 0 Å². The molecule has 0 radical (unpaired) electrons. The fourth-order valence-electron chi connectivity index (χ4n) is 11.2. The van der Waals surface area contributed by atoms with Crippen molar-refractivity contribution < 1.29 is 0 Å². The molecule has 0 saturated carbocycles. The number of hydrogen-bond acceptors (Lipinski definition) is 3. The van der Waals surface area contributed by atoms with Crippen LogP contribution in [0.15, 0.2) is 249 Å². The molecule has 10 aromatic carbocycles. The molecule has 0 unspecified atom stereocenters. The maximum absolute atomic E-state index is 5.75. The molecular formula is C65H41N7. The maximum atomic E-state index is 5.75. The topological polar surface area (TPSA) is 57.9 Å². The van der Waals surface area contributed by atoms with Gasteiger partial charge in [-0.25, -0.2) is 19.5 Å². The second-order valence-corrected chi connectivity index (χ2v) is 18.4. The third-order valence-corrected chi connectivity index (χ3v) is 14.4. The molecule has 7 nitrogen and oxygen atoms in total. The van der Waals surface area contributed by atoms with Crippen molar-refractivity contribution >= 4 is 71.3 Å². The normalized spacial score (nSPS) is 11.9. The summed E-state index contributed by atoms with van der Waals surface area (Å²) in [5.41, 5.74) is 17.7. The van der Waals surface area contributed by atoms with E-state index in [0.29, 0.717) is 5.95 Å². The minimum absolute atomic E-state index is 0.545. The average Bonchev–Trinajstić information content (AvgIpc) is 4.19. The fraction of sp³-hybridized carbons (Fsp3) is 0. The van der Waals surface area contributed by atoms with Crippen LogP contribution in [-0.2, 0) is 0 Å². The highest BCUT2D eigenvalue weighted by Gasteiger charge is 2.27. The van der Waals surface area contributed by atoms with E-state index in [4.69, 9.17) is 15.0 Å². The van der Waals surface area contributed by atoms with Gasteiger partial charge in [0.1, 0.15) is 0 Å². The van der Waals surface area contributed by atoms with Crippen LogP contribution in [0.4, 0.5) is 0 Å². The van der Waals surface area contributed by atoms with E-state index in [-0.39, 0.29) is 0 Å². The number of aromatic nitrogens is 7. The SMILES string of the molecule is c1ccc(-c2nc(-n3c4cc(-c5ccc6c(c5)c5ccccc5n6-c5ccccc5)ccc4n4c(-c5ccccc5)c(-c5ccc6c(c5)c5ccccc5n6-c5ccccc5)nc34)nc3ccccc23)cc1. The zero-order valence-electron chi connectivity index (χ0n) is 38.8. The summed E-state index contributed by atoms with van der Waals surface area (Å²) >= 11 is 0. The van der Waals surface area contributed by atoms with Crippen LogP contribution in [0, 0.1) is 0 Å². The first kappa shape index (κ1) is 40.1. The Hall–Kier alpha value is -9.85. The molecule has 0 aliphatic rings. The van der Waals surface area contributed by atoms with Crippen molar-refractivity contribution in [1.82, 2.24) is 33.1 Å². The van der Waals surface area contributed by atoms with E-state index in [1.807, 2.05) is 12.1 Å². The van der Waals surface area contributed by atoms with Gasteiger partial charge in [0.2, 0.25) is 11.7 Å². The molecule has 0 spiro atoms. The first-order valence-electron chi connectivity index (χ1n) is 24.4. The molecular weight excluding hydrogens is 879 g/mol. The lowest BCUT2D eigenvalue weighted by Gasteiger charge is -2.11. The number of benzene rings is 10. The standard InChI is InChI=1S/C65H41N7/c1-5-19-42(20-6-1)61-51-29-13-16-30-54(51)66-64(67-61)72-60-41-45(44-33-36-57-52(39-44)49-27-14-17-31-55(49)69(57)47-23-9-3-10-24-47)34-38-59(60)71-63(43-21-7-2-8-22-43)62(68-65(71)72)46-35-37-58-53(40-46)50-28-15-18-32-56(50)70(58)48-25-11-4-12-26-48/h1-41H. The maximum Gasteiger partial charge on any atom is 0.238 e. The highest BCUT2D eigenvalue weighted by Crippen LogP contribution is 2.42. The van der Waals surface area contributed by atoms with E-state index in [0.717, 1.165) is 106 Å². The van der Waals surface area contributed by atoms with E-state index in [9.17, 15) is 0 Å². The summed E-state index contributed by atoms with van der Waals surface area (Å²) in [5, 5.41) is 5.74. The quantitative estimate of drug-likeness (QED) is 0.160. The minimum Gasteiger partial charge on any atom is -0.309 e. The zero-order chi connectivity index (χ0) is 47.3. The Labute approximate surface area is 413 Å². The summed E-state index contributed by atoms with van der Waals surface area (Å²) in [6.07, 6.45) is 0. The van der Waals surface area contributed by atoms with Crippen LogP contribution in [0.3, 0.4) is 0 Å². The summed E-state index contributed by atoms with van der Waals surface area (Å²) in [5.74, 6) is 1.27. The molecule has 0 amide bonds. The molecule has 0 bridgehead atoms. The Morgan fingerprint density at radius 3 is 1.36 bits per heavy atom. The number of rotatable bonds is 7. The largest absolute Gasteiger partial charge is 0.309 e. The van der Waals surface area contributed by atoms with Gasteiger partial charge in [0.05, 0.1) is 55.7 Å². The molecule has 0 aliphatic carbocycles. The molecule has 0 saturated heterocycles. The lowest BCUT2D eigenvalue weighted by atomic mass is 10.0. The molecule has 0 atom stereocenters. The summed E-state index contributed by atoms with van der Waals surface area (Å²) in [4.78, 5) is 16.7. The number of imidazole rings is 2. The minimum atomic E-state index is 0.545. The average molecular weight is 920 g/mol. The number of fused-ring (bicyclic) bond motifs is 10. The molecule has 0 fully saturated rings. The zero-order valence-corrected chi connectivity index (χ0v) is 38.8. The summed E-state index contributed by atoms with van der Waals surface area (Å²) in [7, 11) is 0. The van der Waals surface area contributed by atoms with Gasteiger partial charge in [-0.1, -0.05) is 170 Å². The van der Waals surface area contributed by atoms with Gasteiger partial charge in [-0.2, -0.15) is 0 Å². The highest BCUT2D eigenvalue weighted by molar-refractivity contribution is 6.12. The van der Waals surface area contributed by atoms with Gasteiger partial charge in [-0.3, -0.25) is 4.40 Å². The number of para-hydroxylation sites is 5. The molecule has 5 aromatic heterocycles. The molecule has 0 N–H and O–H groups in total. The monoisotopic (exact) mass is 919 g/mol. The first-order valence-corrected chi connectivity index (χ1v) is 24.4. The van der Waals surface area contributed by atoms with E-state index >= 15 is 0 Å². The van der Waals surface area contributed by atoms with Crippen molar-refractivity contribution in [2.45, 2.75) is 0 Å². The predicted molar refractivity (Wildman–Crippen MR) is 296 cm³/mol. The van der Waals surface area contributed by atoms with Crippen LogP contribution in [0.5, 0.6) is 0 Å². The molecule has 72 heavy (non-hydrogen) atoms.